The van der Waals surface area contributed by atoms with E-state index >= 15 is 0 Å². The van der Waals surface area contributed by atoms with Crippen molar-refractivity contribution >= 4 is 45.8 Å². The van der Waals surface area contributed by atoms with Gasteiger partial charge in [-0.1, -0.05) is 6.58 Å². The number of carbonyl (C=O) groups excluding carboxylic acids is 2. The predicted octanol–water partition coefficient (Wildman–Crippen LogP) is 4.67. The number of hydrogen-bond acceptors (Lipinski definition) is 7. The van der Waals surface area contributed by atoms with Gasteiger partial charge in [-0.3, -0.25) is 0 Å². The van der Waals surface area contributed by atoms with E-state index in [1.54, 1.807) is 7.05 Å². The van der Waals surface area contributed by atoms with Crippen LogP contribution in [0.2, 0.25) is 65.0 Å². The SMILES string of the molecule is C=CC(=O)OCCN(C)C(=O)OCCC[Si](O[Si](C)(C)C)(O[Si](C)(C)C)O[Si](C)(C)C. The average molecular weight is 510 g/mol. The van der Waals surface area contributed by atoms with Crippen molar-refractivity contribution in [2.75, 3.05) is 26.8 Å². The molecule has 0 rings (SSSR count). The molecule has 0 fully saturated rings. The summed E-state index contributed by atoms with van der Waals surface area (Å²) in [6, 6.07) is 0.611. The first-order valence-corrected chi connectivity index (χ1v) is 22.8. The quantitative estimate of drug-likeness (QED) is 0.146. The molecular weight excluding hydrogens is 467 g/mol. The van der Waals surface area contributed by atoms with Gasteiger partial charge in [0.1, 0.15) is 6.61 Å². The van der Waals surface area contributed by atoms with E-state index in [0.717, 1.165) is 6.08 Å². The maximum Gasteiger partial charge on any atom is 0.469 e. The van der Waals surface area contributed by atoms with Crippen LogP contribution in [0.5, 0.6) is 0 Å². The van der Waals surface area contributed by atoms with E-state index in [0.29, 0.717) is 12.5 Å². The lowest BCUT2D eigenvalue weighted by atomic mass is 10.5. The Bertz CT molecular complexity index is 557. The molecule has 0 N–H and O–H groups in total. The third-order valence-electron chi connectivity index (χ3n) is 3.39. The molecule has 12 heteroatoms. The van der Waals surface area contributed by atoms with E-state index in [-0.39, 0.29) is 19.8 Å². The molecule has 0 aromatic heterocycles. The highest BCUT2D eigenvalue weighted by molar-refractivity contribution is 6.90. The van der Waals surface area contributed by atoms with E-state index < -0.39 is 45.8 Å². The summed E-state index contributed by atoms with van der Waals surface area (Å²) < 4.78 is 30.1. The van der Waals surface area contributed by atoms with Gasteiger partial charge in [-0.25, -0.2) is 9.59 Å². The second-order valence-electron chi connectivity index (χ2n) is 10.3. The van der Waals surface area contributed by atoms with E-state index in [4.69, 9.17) is 21.8 Å². The molecule has 182 valence electrons. The smallest absolute Gasteiger partial charge is 0.461 e. The van der Waals surface area contributed by atoms with E-state index in [1.165, 1.54) is 4.90 Å². The highest BCUT2D eigenvalue weighted by atomic mass is 28.5. The summed E-state index contributed by atoms with van der Waals surface area (Å²) in [6.45, 7) is 23.2. The molecule has 0 bridgehead atoms. The summed E-state index contributed by atoms with van der Waals surface area (Å²) in [5, 5.41) is 0. The van der Waals surface area contributed by atoms with Gasteiger partial charge in [-0.05, 0) is 65.3 Å². The number of nitrogens with zero attached hydrogens (tertiary/aromatic N) is 1. The molecule has 0 saturated carbocycles. The minimum absolute atomic E-state index is 0.0879. The highest BCUT2D eigenvalue weighted by Crippen LogP contribution is 2.29. The van der Waals surface area contributed by atoms with E-state index in [1.807, 2.05) is 0 Å². The second-order valence-corrected chi connectivity index (χ2v) is 27.3. The van der Waals surface area contributed by atoms with Crippen molar-refractivity contribution in [3.8, 4) is 0 Å². The molecule has 0 radical (unpaired) electrons. The van der Waals surface area contributed by atoms with Crippen LogP contribution in [0.15, 0.2) is 12.7 Å². The molecule has 1 amide bonds. The van der Waals surface area contributed by atoms with E-state index in [9.17, 15) is 9.59 Å². The van der Waals surface area contributed by atoms with Crippen molar-refractivity contribution in [3.05, 3.63) is 12.7 Å². The van der Waals surface area contributed by atoms with Crippen LogP contribution in [-0.4, -0.2) is 77.5 Å². The Balaban J connectivity index is 4.99. The number of hydrogen-bond donors (Lipinski definition) is 0. The molecule has 0 unspecified atom stereocenters. The van der Waals surface area contributed by atoms with Crippen molar-refractivity contribution in [2.45, 2.75) is 71.4 Å². The fraction of sp³-hybridized carbons (Fsp3) is 0.789. The van der Waals surface area contributed by atoms with Gasteiger partial charge in [-0.2, -0.15) is 0 Å². The topological polar surface area (TPSA) is 83.5 Å². The second kappa shape index (κ2) is 12.5. The highest BCUT2D eigenvalue weighted by Gasteiger charge is 2.49. The zero-order chi connectivity index (χ0) is 24.5. The Kier molecular flexibility index (Phi) is 12.2. The minimum Gasteiger partial charge on any atom is -0.461 e. The number of carbonyl (C=O) groups is 2. The molecular formula is C19H43NO7Si4. The summed E-state index contributed by atoms with van der Waals surface area (Å²) in [5.74, 6) is -0.518. The number of rotatable bonds is 14. The van der Waals surface area contributed by atoms with Gasteiger partial charge in [0.15, 0.2) is 25.0 Å². The summed E-state index contributed by atoms with van der Waals surface area (Å²) >= 11 is 0. The van der Waals surface area contributed by atoms with Crippen LogP contribution in [0.1, 0.15) is 6.42 Å². The van der Waals surface area contributed by atoms with Gasteiger partial charge in [0, 0.05) is 19.2 Å². The first kappa shape index (κ1) is 30.2. The summed E-state index contributed by atoms with van der Waals surface area (Å²) in [4.78, 5) is 24.6. The zero-order valence-corrected chi connectivity index (χ0v) is 25.1. The lowest BCUT2D eigenvalue weighted by Crippen LogP contribution is -2.60. The van der Waals surface area contributed by atoms with Crippen molar-refractivity contribution in [1.29, 1.82) is 0 Å². The third kappa shape index (κ3) is 15.6. The maximum atomic E-state index is 12.2. The van der Waals surface area contributed by atoms with Gasteiger partial charge in [0.25, 0.3) is 0 Å². The fourth-order valence-electron chi connectivity index (χ4n) is 2.61. The van der Waals surface area contributed by atoms with Gasteiger partial charge >= 0.3 is 20.9 Å². The van der Waals surface area contributed by atoms with Crippen LogP contribution < -0.4 is 0 Å². The molecule has 0 aliphatic heterocycles. The Morgan fingerprint density at radius 1 is 0.806 bits per heavy atom. The monoisotopic (exact) mass is 509 g/mol. The van der Waals surface area contributed by atoms with Crippen molar-refractivity contribution in [3.63, 3.8) is 0 Å². The van der Waals surface area contributed by atoms with Gasteiger partial charge in [-0.15, -0.1) is 0 Å². The van der Waals surface area contributed by atoms with Crippen LogP contribution in [-0.2, 0) is 26.6 Å². The normalized spacial score (nSPS) is 13.0. The number of ether oxygens (including phenoxy) is 2. The molecule has 0 saturated heterocycles. The molecule has 31 heavy (non-hydrogen) atoms. The first-order chi connectivity index (χ1) is 13.9. The maximum absolute atomic E-state index is 12.2. The molecule has 0 aromatic carbocycles. The molecule has 0 spiro atoms. The van der Waals surface area contributed by atoms with Crippen LogP contribution in [0, 0.1) is 0 Å². The van der Waals surface area contributed by atoms with Crippen LogP contribution >= 0.6 is 0 Å². The van der Waals surface area contributed by atoms with Gasteiger partial charge in [0.2, 0.25) is 0 Å². The fourth-order valence-corrected chi connectivity index (χ4v) is 17.2. The number of esters is 1. The van der Waals surface area contributed by atoms with Gasteiger partial charge in [0.05, 0.1) is 13.2 Å². The largest absolute Gasteiger partial charge is 0.469 e. The third-order valence-corrected chi connectivity index (χ3v) is 15.4. The molecule has 0 aliphatic rings. The Hall–Kier alpha value is -0.772. The van der Waals surface area contributed by atoms with Crippen LogP contribution in [0.4, 0.5) is 4.79 Å². The Labute approximate surface area is 193 Å². The van der Waals surface area contributed by atoms with Crippen molar-refractivity contribution < 1.29 is 31.4 Å². The summed E-state index contributed by atoms with van der Waals surface area (Å²) in [6.07, 6.45) is 1.21. The molecule has 8 nitrogen and oxygen atoms in total. The van der Waals surface area contributed by atoms with Crippen molar-refractivity contribution in [1.82, 2.24) is 4.90 Å². The standard InChI is InChI=1S/C19H43NO7Si4/c1-12-18(21)23-16-14-20(2)19(22)24-15-13-17-31(25-28(3,4)5,26-29(6,7)8)27-30(9,10)11/h12H,1,13-17H2,2-11H3. The predicted molar refractivity (Wildman–Crippen MR) is 134 cm³/mol. The summed E-state index contributed by atoms with van der Waals surface area (Å²) in [5.41, 5.74) is 0. The van der Waals surface area contributed by atoms with Crippen LogP contribution in [0.3, 0.4) is 0 Å². The zero-order valence-electron chi connectivity index (χ0n) is 21.1. The Morgan fingerprint density at radius 3 is 1.65 bits per heavy atom. The molecule has 0 aromatic rings. The average Bonchev–Trinajstić information content (AvgIpc) is 2.53. The minimum atomic E-state index is -2.93. The molecule has 0 atom stereocenters. The summed E-state index contributed by atoms with van der Waals surface area (Å²) in [7, 11) is -7.11. The molecule has 0 heterocycles. The molecule has 0 aliphatic carbocycles. The van der Waals surface area contributed by atoms with Crippen LogP contribution in [0.25, 0.3) is 0 Å². The lowest BCUT2D eigenvalue weighted by Gasteiger charge is -2.42. The number of amides is 1. The number of likely N-dealkylation sites (N-methyl/N-ethyl adjacent to an activating group) is 1. The van der Waals surface area contributed by atoms with Crippen molar-refractivity contribution in [2.24, 2.45) is 0 Å². The first-order valence-electron chi connectivity index (χ1n) is 10.7. The lowest BCUT2D eigenvalue weighted by molar-refractivity contribution is -0.138. The van der Waals surface area contributed by atoms with Gasteiger partial charge < -0.3 is 26.7 Å². The van der Waals surface area contributed by atoms with E-state index in [2.05, 4.69) is 65.5 Å². The Morgan fingerprint density at radius 2 is 1.26 bits per heavy atom.